The molecule has 0 radical (unpaired) electrons. The summed E-state index contributed by atoms with van der Waals surface area (Å²) in [6.45, 7) is 0.326. The maximum absolute atomic E-state index is 13.0. The van der Waals surface area contributed by atoms with Crippen molar-refractivity contribution in [1.29, 1.82) is 0 Å². The molecular weight excluding hydrogens is 419 g/mol. The fraction of sp³-hybridized carbons (Fsp3) is 0.174. The van der Waals surface area contributed by atoms with Crippen LogP contribution >= 0.6 is 0 Å². The topological polar surface area (TPSA) is 66.9 Å². The second kappa shape index (κ2) is 9.18. The Bertz CT molecular complexity index is 1150. The van der Waals surface area contributed by atoms with Crippen LogP contribution in [0.1, 0.15) is 15.9 Å². The molecular formula is C23H23FN2O4S. The number of hydrogen-bond donors (Lipinski definition) is 0. The summed E-state index contributed by atoms with van der Waals surface area (Å²) in [5, 5.41) is 0. The maximum Gasteiger partial charge on any atom is 0.264 e. The van der Waals surface area contributed by atoms with E-state index >= 15 is 0 Å². The molecule has 6 nitrogen and oxygen atoms in total. The van der Waals surface area contributed by atoms with Crippen LogP contribution in [0.25, 0.3) is 0 Å². The molecule has 3 aromatic carbocycles. The van der Waals surface area contributed by atoms with Gasteiger partial charge in [0.25, 0.3) is 15.9 Å². The molecule has 162 valence electrons. The number of benzene rings is 3. The van der Waals surface area contributed by atoms with Crippen LogP contribution in [-0.4, -0.2) is 40.4 Å². The fourth-order valence-electron chi connectivity index (χ4n) is 3.01. The van der Waals surface area contributed by atoms with E-state index in [1.807, 2.05) is 0 Å². The number of ether oxygens (including phenoxy) is 1. The van der Waals surface area contributed by atoms with Gasteiger partial charge in [-0.25, -0.2) is 12.8 Å². The normalized spacial score (nSPS) is 11.1. The zero-order chi connectivity index (χ0) is 22.6. The van der Waals surface area contributed by atoms with Crippen molar-refractivity contribution in [2.45, 2.75) is 11.4 Å². The molecule has 0 bridgehead atoms. The van der Waals surface area contributed by atoms with Crippen molar-refractivity contribution in [3.8, 4) is 5.75 Å². The van der Waals surface area contributed by atoms with Crippen LogP contribution in [0.5, 0.6) is 5.75 Å². The minimum atomic E-state index is -3.76. The van der Waals surface area contributed by atoms with E-state index in [2.05, 4.69) is 0 Å². The van der Waals surface area contributed by atoms with E-state index in [0.717, 1.165) is 9.87 Å². The minimum Gasteiger partial charge on any atom is -0.497 e. The third-order valence-electron chi connectivity index (χ3n) is 4.88. The van der Waals surface area contributed by atoms with Gasteiger partial charge in [0.2, 0.25) is 0 Å². The van der Waals surface area contributed by atoms with Crippen molar-refractivity contribution in [2.75, 3.05) is 25.5 Å². The van der Waals surface area contributed by atoms with Crippen LogP contribution in [0.15, 0.2) is 77.7 Å². The predicted molar refractivity (Wildman–Crippen MR) is 117 cm³/mol. The Morgan fingerprint density at radius 3 is 2.03 bits per heavy atom. The van der Waals surface area contributed by atoms with Gasteiger partial charge in [-0.05, 0) is 66.2 Å². The lowest BCUT2D eigenvalue weighted by atomic mass is 10.1. The molecule has 3 aromatic rings. The van der Waals surface area contributed by atoms with Gasteiger partial charge in [-0.15, -0.1) is 0 Å². The van der Waals surface area contributed by atoms with Crippen LogP contribution in [0.4, 0.5) is 10.1 Å². The van der Waals surface area contributed by atoms with E-state index in [9.17, 15) is 17.6 Å². The first kappa shape index (κ1) is 22.3. The number of halogens is 1. The van der Waals surface area contributed by atoms with Gasteiger partial charge in [0.1, 0.15) is 11.6 Å². The van der Waals surface area contributed by atoms with Crippen molar-refractivity contribution in [1.82, 2.24) is 4.90 Å². The summed E-state index contributed by atoms with van der Waals surface area (Å²) >= 11 is 0. The minimum absolute atomic E-state index is 0.134. The highest BCUT2D eigenvalue weighted by Gasteiger charge is 2.22. The van der Waals surface area contributed by atoms with Crippen molar-refractivity contribution >= 4 is 21.6 Å². The molecule has 0 aromatic heterocycles. The molecule has 31 heavy (non-hydrogen) atoms. The number of hydrogen-bond acceptors (Lipinski definition) is 4. The highest BCUT2D eigenvalue weighted by molar-refractivity contribution is 7.92. The van der Waals surface area contributed by atoms with E-state index in [0.29, 0.717) is 23.5 Å². The Hall–Kier alpha value is -3.39. The highest BCUT2D eigenvalue weighted by atomic mass is 32.2. The molecule has 0 N–H and O–H groups in total. The Morgan fingerprint density at radius 1 is 0.903 bits per heavy atom. The molecule has 0 aliphatic heterocycles. The summed E-state index contributed by atoms with van der Waals surface area (Å²) in [4.78, 5) is 14.3. The Kier molecular flexibility index (Phi) is 6.60. The summed E-state index contributed by atoms with van der Waals surface area (Å²) < 4.78 is 45.0. The van der Waals surface area contributed by atoms with Gasteiger partial charge in [-0.3, -0.25) is 9.10 Å². The summed E-state index contributed by atoms with van der Waals surface area (Å²) in [6.07, 6.45) is 0. The van der Waals surface area contributed by atoms with E-state index < -0.39 is 10.0 Å². The van der Waals surface area contributed by atoms with E-state index in [1.54, 1.807) is 55.6 Å². The first-order valence-corrected chi connectivity index (χ1v) is 10.9. The largest absolute Gasteiger partial charge is 0.497 e. The van der Waals surface area contributed by atoms with Gasteiger partial charge < -0.3 is 9.64 Å². The number of methoxy groups -OCH3 is 1. The van der Waals surface area contributed by atoms with Gasteiger partial charge in [-0.2, -0.15) is 0 Å². The molecule has 0 unspecified atom stereocenters. The molecule has 0 fully saturated rings. The number of anilines is 1. The van der Waals surface area contributed by atoms with Crippen LogP contribution in [0, 0.1) is 5.82 Å². The number of carbonyl (C=O) groups is 1. The lowest BCUT2D eigenvalue weighted by Gasteiger charge is -2.21. The van der Waals surface area contributed by atoms with Gasteiger partial charge >= 0.3 is 0 Å². The summed E-state index contributed by atoms with van der Waals surface area (Å²) in [5.41, 5.74) is 1.65. The van der Waals surface area contributed by atoms with Gasteiger partial charge in [0.15, 0.2) is 0 Å². The highest BCUT2D eigenvalue weighted by Crippen LogP contribution is 2.24. The lowest BCUT2D eigenvalue weighted by molar-refractivity contribution is 0.0785. The quantitative estimate of drug-likeness (QED) is 0.556. The first-order valence-electron chi connectivity index (χ1n) is 9.45. The van der Waals surface area contributed by atoms with Crippen LogP contribution < -0.4 is 9.04 Å². The monoisotopic (exact) mass is 442 g/mol. The third-order valence-corrected chi connectivity index (χ3v) is 6.68. The maximum atomic E-state index is 13.0. The van der Waals surface area contributed by atoms with Gasteiger partial charge in [0, 0.05) is 26.2 Å². The molecule has 0 saturated carbocycles. The standard InChI is InChI=1S/C23H23FN2O4S/c1-25(16-17-4-8-19(24)9-5-17)23(27)18-6-10-20(11-7-18)26(2)31(28,29)22-14-12-21(30-3)13-15-22/h4-15H,16H2,1-3H3. The number of carbonyl (C=O) groups excluding carboxylic acids is 1. The van der Waals surface area contributed by atoms with Crippen molar-refractivity contribution in [2.24, 2.45) is 0 Å². The Labute approximate surface area is 181 Å². The fourth-order valence-corrected chi connectivity index (χ4v) is 4.21. The number of nitrogens with zero attached hydrogens (tertiary/aromatic N) is 2. The zero-order valence-corrected chi connectivity index (χ0v) is 18.3. The molecule has 3 rings (SSSR count). The molecule has 1 amide bonds. The van der Waals surface area contributed by atoms with Gasteiger partial charge in [0.05, 0.1) is 17.7 Å². The smallest absolute Gasteiger partial charge is 0.264 e. The van der Waals surface area contributed by atoms with Crippen molar-refractivity contribution in [3.05, 3.63) is 89.7 Å². The molecule has 0 saturated heterocycles. The molecule has 0 spiro atoms. The summed E-state index contributed by atoms with van der Waals surface area (Å²) in [7, 11) is 0.859. The van der Waals surface area contributed by atoms with E-state index in [1.165, 1.54) is 43.3 Å². The van der Waals surface area contributed by atoms with E-state index in [-0.39, 0.29) is 16.6 Å². The number of sulfonamides is 1. The second-order valence-corrected chi connectivity index (χ2v) is 8.95. The van der Waals surface area contributed by atoms with E-state index in [4.69, 9.17) is 4.74 Å². The van der Waals surface area contributed by atoms with Crippen molar-refractivity contribution < 1.29 is 22.3 Å². The molecule has 0 heterocycles. The Balaban J connectivity index is 1.73. The third kappa shape index (κ3) is 5.03. The van der Waals surface area contributed by atoms with Crippen LogP contribution in [0.2, 0.25) is 0 Å². The summed E-state index contributed by atoms with van der Waals surface area (Å²) in [5.74, 6) is 0.00722. The molecule has 8 heteroatoms. The molecule has 0 aliphatic rings. The number of amides is 1. The number of rotatable bonds is 7. The first-order chi connectivity index (χ1) is 14.7. The SMILES string of the molecule is COc1ccc(S(=O)(=O)N(C)c2ccc(C(=O)N(C)Cc3ccc(F)cc3)cc2)cc1. The lowest BCUT2D eigenvalue weighted by Crippen LogP contribution is -2.27. The summed E-state index contributed by atoms with van der Waals surface area (Å²) in [6, 6.07) is 18.4. The predicted octanol–water partition coefficient (Wildman–Crippen LogP) is 3.93. The van der Waals surface area contributed by atoms with Crippen LogP contribution in [0.3, 0.4) is 0 Å². The van der Waals surface area contributed by atoms with Gasteiger partial charge in [-0.1, -0.05) is 12.1 Å². The molecule has 0 aliphatic carbocycles. The Morgan fingerprint density at radius 2 is 1.48 bits per heavy atom. The van der Waals surface area contributed by atoms with Crippen LogP contribution in [-0.2, 0) is 16.6 Å². The second-order valence-electron chi connectivity index (χ2n) is 6.98. The average Bonchev–Trinajstić information content (AvgIpc) is 2.79. The molecule has 0 atom stereocenters. The van der Waals surface area contributed by atoms with Crippen molar-refractivity contribution in [3.63, 3.8) is 0 Å². The zero-order valence-electron chi connectivity index (χ0n) is 17.4. The average molecular weight is 443 g/mol.